The molecular weight excluding hydrogens is 164 g/mol. The number of para-hydroxylation sites is 2. The van der Waals surface area contributed by atoms with Crippen molar-refractivity contribution in [2.24, 2.45) is 11.5 Å². The van der Waals surface area contributed by atoms with Crippen molar-refractivity contribution in [2.45, 2.75) is 6.04 Å². The van der Waals surface area contributed by atoms with Gasteiger partial charge in [0.05, 0.1) is 17.1 Å². The van der Waals surface area contributed by atoms with E-state index < -0.39 is 0 Å². The van der Waals surface area contributed by atoms with Crippen LogP contribution >= 0.6 is 0 Å². The van der Waals surface area contributed by atoms with Gasteiger partial charge in [0.2, 0.25) is 0 Å². The average molecular weight is 176 g/mol. The molecule has 4 nitrogen and oxygen atoms in total. The van der Waals surface area contributed by atoms with Crippen molar-refractivity contribution in [3.8, 4) is 0 Å². The van der Waals surface area contributed by atoms with E-state index >= 15 is 0 Å². The third-order valence-corrected chi connectivity index (χ3v) is 2.01. The minimum atomic E-state index is -0.201. The molecule has 2 aromatic rings. The second-order valence-electron chi connectivity index (χ2n) is 2.98. The van der Waals surface area contributed by atoms with Gasteiger partial charge < -0.3 is 16.5 Å². The first-order valence-corrected chi connectivity index (χ1v) is 4.21. The SMILES string of the molecule is NCC(N)c1nc2ccccc2[nH]1. The highest BCUT2D eigenvalue weighted by molar-refractivity contribution is 5.74. The van der Waals surface area contributed by atoms with Crippen LogP contribution in [0.3, 0.4) is 0 Å². The summed E-state index contributed by atoms with van der Waals surface area (Å²) < 4.78 is 0. The van der Waals surface area contributed by atoms with Crippen LogP contribution < -0.4 is 11.5 Å². The van der Waals surface area contributed by atoms with Crippen LogP contribution in [0.5, 0.6) is 0 Å². The highest BCUT2D eigenvalue weighted by Crippen LogP contribution is 2.13. The molecule has 0 saturated heterocycles. The lowest BCUT2D eigenvalue weighted by Crippen LogP contribution is -2.21. The van der Waals surface area contributed by atoms with E-state index in [1.54, 1.807) is 0 Å². The van der Waals surface area contributed by atoms with E-state index in [1.165, 1.54) is 0 Å². The van der Waals surface area contributed by atoms with Crippen LogP contribution in [0.4, 0.5) is 0 Å². The van der Waals surface area contributed by atoms with Crippen LogP contribution in [0.15, 0.2) is 24.3 Å². The number of nitrogens with two attached hydrogens (primary N) is 2. The monoisotopic (exact) mass is 176 g/mol. The minimum Gasteiger partial charge on any atom is -0.341 e. The number of imidazole rings is 1. The summed E-state index contributed by atoms with van der Waals surface area (Å²) >= 11 is 0. The van der Waals surface area contributed by atoms with Crippen LogP contribution in [0.1, 0.15) is 11.9 Å². The molecular formula is C9H12N4. The lowest BCUT2D eigenvalue weighted by atomic mass is 10.3. The highest BCUT2D eigenvalue weighted by atomic mass is 15.0. The second kappa shape index (κ2) is 3.16. The van der Waals surface area contributed by atoms with Gasteiger partial charge in [0.25, 0.3) is 0 Å². The van der Waals surface area contributed by atoms with Crippen LogP contribution in [-0.2, 0) is 0 Å². The van der Waals surface area contributed by atoms with Gasteiger partial charge in [0, 0.05) is 6.54 Å². The van der Waals surface area contributed by atoms with Crippen molar-refractivity contribution in [2.75, 3.05) is 6.54 Å². The highest BCUT2D eigenvalue weighted by Gasteiger charge is 2.08. The fourth-order valence-electron chi connectivity index (χ4n) is 1.26. The summed E-state index contributed by atoms with van der Waals surface area (Å²) in [4.78, 5) is 7.45. The Bertz CT molecular complexity index is 374. The van der Waals surface area contributed by atoms with Crippen molar-refractivity contribution in [3.63, 3.8) is 0 Å². The molecule has 0 aliphatic rings. The van der Waals surface area contributed by atoms with Crippen LogP contribution in [0.2, 0.25) is 0 Å². The Kier molecular flexibility index (Phi) is 2.00. The normalized spacial score (nSPS) is 13.4. The maximum Gasteiger partial charge on any atom is 0.125 e. The van der Waals surface area contributed by atoms with E-state index in [0.29, 0.717) is 6.54 Å². The molecule has 0 bridgehead atoms. The standard InChI is InChI=1S/C9H12N4/c10-5-6(11)9-12-7-3-1-2-4-8(7)13-9/h1-4,6H,5,10-11H2,(H,12,13). The quantitative estimate of drug-likeness (QED) is 0.624. The van der Waals surface area contributed by atoms with E-state index in [4.69, 9.17) is 11.5 Å². The zero-order valence-electron chi connectivity index (χ0n) is 7.20. The van der Waals surface area contributed by atoms with Gasteiger partial charge in [0.1, 0.15) is 5.82 Å². The summed E-state index contributed by atoms with van der Waals surface area (Å²) in [5.41, 5.74) is 13.1. The Morgan fingerprint density at radius 3 is 2.85 bits per heavy atom. The van der Waals surface area contributed by atoms with E-state index in [1.807, 2.05) is 24.3 Å². The lowest BCUT2D eigenvalue weighted by molar-refractivity contribution is 0.695. The van der Waals surface area contributed by atoms with Crippen molar-refractivity contribution < 1.29 is 0 Å². The molecule has 5 N–H and O–H groups in total. The van der Waals surface area contributed by atoms with Gasteiger partial charge in [-0.1, -0.05) is 12.1 Å². The molecule has 1 atom stereocenters. The van der Waals surface area contributed by atoms with Gasteiger partial charge in [-0.05, 0) is 12.1 Å². The first-order chi connectivity index (χ1) is 6.31. The van der Waals surface area contributed by atoms with Gasteiger partial charge in [0.15, 0.2) is 0 Å². The third kappa shape index (κ3) is 1.41. The molecule has 2 rings (SSSR count). The van der Waals surface area contributed by atoms with Gasteiger partial charge >= 0.3 is 0 Å². The summed E-state index contributed by atoms with van der Waals surface area (Å²) in [5, 5.41) is 0. The smallest absolute Gasteiger partial charge is 0.125 e. The average Bonchev–Trinajstić information content (AvgIpc) is 2.59. The summed E-state index contributed by atoms with van der Waals surface area (Å²) in [6.45, 7) is 0.403. The molecule has 0 aliphatic heterocycles. The minimum absolute atomic E-state index is 0.201. The van der Waals surface area contributed by atoms with Gasteiger partial charge in [-0.3, -0.25) is 0 Å². The molecule has 68 valence electrons. The largest absolute Gasteiger partial charge is 0.341 e. The lowest BCUT2D eigenvalue weighted by Gasteiger charge is -2.02. The molecule has 1 unspecified atom stereocenters. The van der Waals surface area contributed by atoms with Crippen molar-refractivity contribution >= 4 is 11.0 Å². The zero-order valence-corrected chi connectivity index (χ0v) is 7.20. The van der Waals surface area contributed by atoms with Gasteiger partial charge in [-0.2, -0.15) is 0 Å². The number of fused-ring (bicyclic) bond motifs is 1. The number of hydrogen-bond donors (Lipinski definition) is 3. The maximum atomic E-state index is 5.74. The summed E-state index contributed by atoms with van der Waals surface area (Å²) in [6.07, 6.45) is 0. The predicted octanol–water partition coefficient (Wildman–Crippen LogP) is 0.521. The van der Waals surface area contributed by atoms with Crippen LogP contribution in [-0.4, -0.2) is 16.5 Å². The second-order valence-corrected chi connectivity index (χ2v) is 2.98. The number of hydrogen-bond acceptors (Lipinski definition) is 3. The van der Waals surface area contributed by atoms with E-state index in [-0.39, 0.29) is 6.04 Å². The molecule has 0 aliphatic carbocycles. The Balaban J connectivity index is 2.49. The van der Waals surface area contributed by atoms with Crippen molar-refractivity contribution in [3.05, 3.63) is 30.1 Å². The number of nitrogens with one attached hydrogen (secondary N) is 1. The third-order valence-electron chi connectivity index (χ3n) is 2.01. The molecule has 0 fully saturated rings. The van der Waals surface area contributed by atoms with Crippen molar-refractivity contribution in [1.29, 1.82) is 0 Å². The Labute approximate surface area is 76.0 Å². The molecule has 1 aromatic heterocycles. The number of nitrogens with zero attached hydrogens (tertiary/aromatic N) is 1. The Morgan fingerprint density at radius 2 is 2.15 bits per heavy atom. The predicted molar refractivity (Wildman–Crippen MR) is 52.1 cm³/mol. The topological polar surface area (TPSA) is 80.7 Å². The number of aromatic nitrogens is 2. The molecule has 0 radical (unpaired) electrons. The summed E-state index contributed by atoms with van der Waals surface area (Å²) in [6, 6.07) is 7.61. The summed E-state index contributed by atoms with van der Waals surface area (Å²) in [5.74, 6) is 0.753. The molecule has 13 heavy (non-hydrogen) atoms. The fraction of sp³-hybridized carbons (Fsp3) is 0.222. The Hall–Kier alpha value is -1.39. The van der Waals surface area contributed by atoms with Crippen LogP contribution in [0, 0.1) is 0 Å². The fourth-order valence-corrected chi connectivity index (χ4v) is 1.26. The molecule has 0 amide bonds. The van der Waals surface area contributed by atoms with E-state index in [0.717, 1.165) is 16.9 Å². The zero-order chi connectivity index (χ0) is 9.26. The molecule has 0 saturated carbocycles. The molecule has 4 heteroatoms. The van der Waals surface area contributed by atoms with E-state index in [2.05, 4.69) is 9.97 Å². The number of rotatable bonds is 2. The van der Waals surface area contributed by atoms with E-state index in [9.17, 15) is 0 Å². The number of H-pyrrole nitrogens is 1. The molecule has 1 heterocycles. The van der Waals surface area contributed by atoms with Crippen LogP contribution in [0.25, 0.3) is 11.0 Å². The maximum absolute atomic E-state index is 5.74. The Morgan fingerprint density at radius 1 is 1.38 bits per heavy atom. The van der Waals surface area contributed by atoms with Gasteiger partial charge in [-0.25, -0.2) is 4.98 Å². The number of benzene rings is 1. The van der Waals surface area contributed by atoms with Crippen molar-refractivity contribution in [1.82, 2.24) is 9.97 Å². The number of aromatic amines is 1. The van der Waals surface area contributed by atoms with Gasteiger partial charge in [-0.15, -0.1) is 0 Å². The first-order valence-electron chi connectivity index (χ1n) is 4.21. The molecule has 0 spiro atoms. The summed E-state index contributed by atoms with van der Waals surface area (Å²) in [7, 11) is 0. The first kappa shape index (κ1) is 8.22. The molecule has 1 aromatic carbocycles.